The Morgan fingerprint density at radius 1 is 0.710 bits per heavy atom. The van der Waals surface area contributed by atoms with Crippen LogP contribution in [0, 0.1) is 0 Å². The molecule has 1 unspecified atom stereocenters. The number of hydrogen-bond acceptors (Lipinski definition) is 2. The number of carbonyl (C=O) groups is 1. The van der Waals surface area contributed by atoms with Crippen molar-refractivity contribution in [2.24, 2.45) is 0 Å². The maximum absolute atomic E-state index is 12.0. The summed E-state index contributed by atoms with van der Waals surface area (Å²) in [5, 5.41) is 13.6. The van der Waals surface area contributed by atoms with E-state index in [1.807, 2.05) is 18.2 Å². The molecule has 1 amide bonds. The van der Waals surface area contributed by atoms with Crippen LogP contribution in [-0.4, -0.2) is 23.2 Å². The summed E-state index contributed by atoms with van der Waals surface area (Å²) in [7, 11) is 0. The van der Waals surface area contributed by atoms with Crippen LogP contribution >= 0.6 is 0 Å². The molecule has 0 heterocycles. The van der Waals surface area contributed by atoms with E-state index in [0.29, 0.717) is 13.0 Å². The van der Waals surface area contributed by atoms with Crippen molar-refractivity contribution < 1.29 is 9.90 Å². The summed E-state index contributed by atoms with van der Waals surface area (Å²) in [6.45, 7) is 6.70. The third kappa shape index (κ3) is 19.6. The van der Waals surface area contributed by atoms with Crippen LogP contribution in [0.4, 0.5) is 0 Å². The molecule has 3 heteroatoms. The molecule has 0 aromatic heterocycles. The number of allylic oxidation sites excluding steroid dienone is 11. The van der Waals surface area contributed by atoms with Gasteiger partial charge in [0.1, 0.15) is 0 Å². The van der Waals surface area contributed by atoms with E-state index >= 15 is 0 Å². The highest BCUT2D eigenvalue weighted by molar-refractivity contribution is 5.87. The fourth-order valence-electron chi connectivity index (χ4n) is 3.06. The van der Waals surface area contributed by atoms with Gasteiger partial charge in [-0.05, 0) is 32.1 Å². The van der Waals surface area contributed by atoms with Crippen LogP contribution in [-0.2, 0) is 4.79 Å². The van der Waals surface area contributed by atoms with Crippen LogP contribution in [0.25, 0.3) is 0 Å². The molecule has 0 saturated heterocycles. The van der Waals surface area contributed by atoms with Gasteiger partial charge in [0.25, 0.3) is 0 Å². The number of aliphatic hydroxyl groups is 1. The summed E-state index contributed by atoms with van der Waals surface area (Å²) < 4.78 is 0. The molecule has 174 valence electrons. The summed E-state index contributed by atoms with van der Waals surface area (Å²) >= 11 is 0. The molecule has 0 aliphatic heterocycles. The molecule has 0 aliphatic rings. The monoisotopic (exact) mass is 427 g/mol. The van der Waals surface area contributed by atoms with Crippen molar-refractivity contribution in [1.29, 1.82) is 0 Å². The first-order valence-corrected chi connectivity index (χ1v) is 12.1. The molecule has 0 fully saturated rings. The molecule has 0 aromatic rings. The molecule has 0 radical (unpaired) electrons. The van der Waals surface area contributed by atoms with Crippen molar-refractivity contribution in [3.05, 3.63) is 72.9 Å². The summed E-state index contributed by atoms with van der Waals surface area (Å²) in [5.41, 5.74) is -0.790. The van der Waals surface area contributed by atoms with Gasteiger partial charge in [0, 0.05) is 12.6 Å². The van der Waals surface area contributed by atoms with E-state index in [-0.39, 0.29) is 5.91 Å². The van der Waals surface area contributed by atoms with Crippen molar-refractivity contribution in [1.82, 2.24) is 5.32 Å². The number of nitrogens with one attached hydrogen (secondary N) is 1. The Balaban J connectivity index is 4.06. The van der Waals surface area contributed by atoms with Crippen LogP contribution in [0.1, 0.15) is 85.0 Å². The molecule has 1 atom stereocenters. The highest BCUT2D eigenvalue weighted by atomic mass is 16.3. The Bertz CT molecular complexity index is 611. The van der Waals surface area contributed by atoms with Gasteiger partial charge >= 0.3 is 0 Å². The van der Waals surface area contributed by atoms with E-state index in [2.05, 4.69) is 68.6 Å². The second kappa shape index (κ2) is 21.1. The second-order valence-corrected chi connectivity index (χ2v) is 7.93. The Hall–Kier alpha value is -2.13. The Labute approximate surface area is 191 Å². The van der Waals surface area contributed by atoms with Crippen LogP contribution in [0.5, 0.6) is 0 Å². The molecule has 0 bridgehead atoms. The highest BCUT2D eigenvalue weighted by Crippen LogP contribution is 2.20. The number of carbonyl (C=O) groups excluding carboxylic acids is 1. The molecular formula is C28H45NO2. The molecule has 31 heavy (non-hydrogen) atoms. The average molecular weight is 428 g/mol. The number of hydrogen-bond donors (Lipinski definition) is 2. The smallest absolute Gasteiger partial charge is 0.244 e. The average Bonchev–Trinajstić information content (AvgIpc) is 2.75. The van der Waals surface area contributed by atoms with Gasteiger partial charge in [-0.1, -0.05) is 120 Å². The molecule has 0 rings (SSSR count). The fourth-order valence-corrected chi connectivity index (χ4v) is 3.06. The van der Waals surface area contributed by atoms with Gasteiger partial charge < -0.3 is 10.4 Å². The minimum atomic E-state index is -0.790. The lowest BCUT2D eigenvalue weighted by atomic mass is 9.91. The van der Waals surface area contributed by atoms with E-state index in [0.717, 1.165) is 51.4 Å². The molecule has 3 nitrogen and oxygen atoms in total. The van der Waals surface area contributed by atoms with E-state index in [1.165, 1.54) is 12.5 Å². The third-order valence-electron chi connectivity index (χ3n) is 4.83. The maximum atomic E-state index is 12.0. The molecule has 0 aliphatic carbocycles. The Morgan fingerprint density at radius 2 is 1.29 bits per heavy atom. The Morgan fingerprint density at radius 3 is 1.84 bits per heavy atom. The lowest BCUT2D eigenvalue weighted by molar-refractivity contribution is -0.118. The van der Waals surface area contributed by atoms with Gasteiger partial charge in [0.2, 0.25) is 5.91 Å². The standard InChI is InChI=1S/C28H45NO2/c1-4-7-9-10-11-12-13-14-15-16-17-18-19-20-21-23-27(30)29-26-28(31,24-6-3)25-22-8-5-2/h9-14,17-21,23,31H,4-8,15-16,22,24-26H2,1-3H3,(H,29,30). The van der Waals surface area contributed by atoms with Gasteiger partial charge in [0.05, 0.1) is 5.60 Å². The van der Waals surface area contributed by atoms with Gasteiger partial charge in [-0.15, -0.1) is 0 Å². The lowest BCUT2D eigenvalue weighted by Gasteiger charge is -2.28. The zero-order valence-electron chi connectivity index (χ0n) is 20.1. The highest BCUT2D eigenvalue weighted by Gasteiger charge is 2.25. The largest absolute Gasteiger partial charge is 0.388 e. The van der Waals surface area contributed by atoms with Gasteiger partial charge in [-0.3, -0.25) is 4.79 Å². The molecular weight excluding hydrogens is 382 g/mol. The van der Waals surface area contributed by atoms with Crippen molar-refractivity contribution in [3.8, 4) is 0 Å². The van der Waals surface area contributed by atoms with Crippen LogP contribution in [0.3, 0.4) is 0 Å². The van der Waals surface area contributed by atoms with Crippen molar-refractivity contribution in [2.75, 3.05) is 6.54 Å². The van der Waals surface area contributed by atoms with Crippen molar-refractivity contribution >= 4 is 5.91 Å². The van der Waals surface area contributed by atoms with E-state index in [9.17, 15) is 9.90 Å². The predicted molar refractivity (Wildman–Crippen MR) is 136 cm³/mol. The summed E-state index contributed by atoms with van der Waals surface area (Å²) in [5.74, 6) is -0.165. The zero-order chi connectivity index (χ0) is 23.0. The zero-order valence-corrected chi connectivity index (χ0v) is 20.1. The van der Waals surface area contributed by atoms with E-state index < -0.39 is 5.60 Å². The molecule has 0 aromatic carbocycles. The van der Waals surface area contributed by atoms with Crippen molar-refractivity contribution in [2.45, 2.75) is 90.6 Å². The minimum absolute atomic E-state index is 0.165. The minimum Gasteiger partial charge on any atom is -0.388 e. The van der Waals surface area contributed by atoms with E-state index in [1.54, 1.807) is 6.08 Å². The number of rotatable bonds is 18. The molecule has 2 N–H and O–H groups in total. The lowest BCUT2D eigenvalue weighted by Crippen LogP contribution is -2.42. The SMILES string of the molecule is CCCC=CC=CC=CCCC=CC=CC=CC(=O)NCC(O)(CCC)CCCCC. The fraction of sp³-hybridized carbons (Fsp3) is 0.536. The first-order chi connectivity index (χ1) is 15.1. The number of amides is 1. The first-order valence-electron chi connectivity index (χ1n) is 12.1. The maximum Gasteiger partial charge on any atom is 0.244 e. The van der Waals surface area contributed by atoms with Crippen LogP contribution < -0.4 is 5.32 Å². The third-order valence-corrected chi connectivity index (χ3v) is 4.83. The number of unbranched alkanes of at least 4 members (excludes halogenated alkanes) is 4. The van der Waals surface area contributed by atoms with Gasteiger partial charge in [-0.25, -0.2) is 0 Å². The van der Waals surface area contributed by atoms with E-state index in [4.69, 9.17) is 0 Å². The van der Waals surface area contributed by atoms with Crippen LogP contribution in [0.15, 0.2) is 72.9 Å². The topological polar surface area (TPSA) is 49.3 Å². The summed E-state index contributed by atoms with van der Waals surface area (Å²) in [4.78, 5) is 12.0. The molecule has 0 spiro atoms. The second-order valence-electron chi connectivity index (χ2n) is 7.93. The predicted octanol–water partition coefficient (Wildman–Crippen LogP) is 7.13. The quantitative estimate of drug-likeness (QED) is 0.139. The normalized spacial score (nSPS) is 14.8. The van der Waals surface area contributed by atoms with Gasteiger partial charge in [-0.2, -0.15) is 0 Å². The van der Waals surface area contributed by atoms with Gasteiger partial charge in [0.15, 0.2) is 0 Å². The summed E-state index contributed by atoms with van der Waals surface area (Å²) in [6, 6.07) is 0. The first kappa shape index (κ1) is 28.9. The molecule has 0 saturated carbocycles. The summed E-state index contributed by atoms with van der Waals surface area (Å²) in [6.07, 6.45) is 33.6. The Kier molecular flexibility index (Phi) is 19.7. The van der Waals surface area contributed by atoms with Crippen LogP contribution in [0.2, 0.25) is 0 Å². The van der Waals surface area contributed by atoms with Crippen molar-refractivity contribution in [3.63, 3.8) is 0 Å².